The Hall–Kier alpha value is -2.07. The van der Waals surface area contributed by atoms with Crippen LogP contribution in [0.15, 0.2) is 46.0 Å². The lowest BCUT2D eigenvalue weighted by Crippen LogP contribution is -2.48. The predicted octanol–water partition coefficient (Wildman–Crippen LogP) is 4.33. The van der Waals surface area contributed by atoms with Crippen LogP contribution < -0.4 is 10.0 Å². The zero-order valence-corrected chi connectivity index (χ0v) is 17.0. The second kappa shape index (κ2) is 8.74. The molecule has 29 heavy (non-hydrogen) atoms. The van der Waals surface area contributed by atoms with E-state index in [1.54, 1.807) is 23.6 Å². The third-order valence-corrected chi connectivity index (χ3v) is 7.64. The van der Waals surface area contributed by atoms with E-state index in [0.717, 1.165) is 11.3 Å². The van der Waals surface area contributed by atoms with E-state index in [0.29, 0.717) is 30.5 Å². The van der Waals surface area contributed by atoms with Crippen LogP contribution in [-0.2, 0) is 21.2 Å². The van der Waals surface area contributed by atoms with Gasteiger partial charge in [-0.25, -0.2) is 8.42 Å². The fourth-order valence-electron chi connectivity index (χ4n) is 3.45. The van der Waals surface area contributed by atoms with Crippen LogP contribution in [0.3, 0.4) is 0 Å². The number of alkyl halides is 3. The lowest BCUT2D eigenvalue weighted by molar-refractivity contribution is -0.189. The van der Waals surface area contributed by atoms with Gasteiger partial charge >= 0.3 is 6.18 Å². The van der Waals surface area contributed by atoms with Gasteiger partial charge in [0.15, 0.2) is 0 Å². The summed E-state index contributed by atoms with van der Waals surface area (Å²) < 4.78 is 66.5. The summed E-state index contributed by atoms with van der Waals surface area (Å²) in [5.41, 5.74) is 0.924. The summed E-state index contributed by atoms with van der Waals surface area (Å²) in [6, 6.07) is 8.43. The minimum absolute atomic E-state index is 0.0352. The van der Waals surface area contributed by atoms with Gasteiger partial charge in [-0.15, -0.1) is 11.3 Å². The Morgan fingerprint density at radius 2 is 1.79 bits per heavy atom. The number of amides is 1. The van der Waals surface area contributed by atoms with Crippen molar-refractivity contribution >= 4 is 33.0 Å². The maximum absolute atomic E-state index is 13.1. The zero-order chi connectivity index (χ0) is 21.1. The molecule has 2 N–H and O–H groups in total. The monoisotopic (exact) mass is 446 g/mol. The first-order valence-electron chi connectivity index (χ1n) is 9.16. The van der Waals surface area contributed by atoms with Crippen LogP contribution in [0.5, 0.6) is 0 Å². The van der Waals surface area contributed by atoms with Gasteiger partial charge in [-0.3, -0.25) is 9.52 Å². The fourth-order valence-corrected chi connectivity index (χ4v) is 5.50. The minimum Gasteiger partial charge on any atom is -0.352 e. The summed E-state index contributed by atoms with van der Waals surface area (Å²) in [6.45, 7) is 0. The second-order valence-electron chi connectivity index (χ2n) is 7.02. The molecule has 1 aliphatic rings. The van der Waals surface area contributed by atoms with Gasteiger partial charge in [0.05, 0.1) is 12.3 Å². The number of hydrogen-bond donors (Lipinski definition) is 2. The largest absolute Gasteiger partial charge is 0.393 e. The first kappa shape index (κ1) is 21.6. The van der Waals surface area contributed by atoms with Crippen molar-refractivity contribution in [2.24, 2.45) is 5.92 Å². The van der Waals surface area contributed by atoms with Gasteiger partial charge in [0.25, 0.3) is 10.0 Å². The summed E-state index contributed by atoms with van der Waals surface area (Å²) in [5.74, 6) is -1.98. The predicted molar refractivity (Wildman–Crippen MR) is 105 cm³/mol. The molecule has 1 aliphatic carbocycles. The zero-order valence-electron chi connectivity index (χ0n) is 15.4. The SMILES string of the molecule is O=C(Cc1ccc(NS(=O)(=O)c2cccs2)cc1)NC1CCCCC1C(F)(F)F. The maximum atomic E-state index is 13.1. The summed E-state index contributed by atoms with van der Waals surface area (Å²) in [4.78, 5) is 12.2. The molecular weight excluding hydrogens is 425 g/mol. The van der Waals surface area contributed by atoms with Crippen LogP contribution in [0.25, 0.3) is 0 Å². The molecule has 1 aromatic heterocycles. The highest BCUT2D eigenvalue weighted by molar-refractivity contribution is 7.94. The van der Waals surface area contributed by atoms with Gasteiger partial charge in [-0.05, 0) is 42.0 Å². The van der Waals surface area contributed by atoms with Gasteiger partial charge in [0, 0.05) is 11.7 Å². The van der Waals surface area contributed by atoms with Crippen LogP contribution in [0, 0.1) is 5.92 Å². The fraction of sp³-hybridized carbons (Fsp3) is 0.421. The molecule has 1 saturated carbocycles. The molecule has 0 radical (unpaired) electrons. The van der Waals surface area contributed by atoms with Crippen LogP contribution in [0.4, 0.5) is 18.9 Å². The van der Waals surface area contributed by atoms with Gasteiger partial charge in [0.2, 0.25) is 5.91 Å². The van der Waals surface area contributed by atoms with Crippen molar-refractivity contribution in [3.8, 4) is 0 Å². The van der Waals surface area contributed by atoms with Crippen molar-refractivity contribution in [2.45, 2.75) is 48.5 Å². The molecule has 0 aliphatic heterocycles. The van der Waals surface area contributed by atoms with E-state index >= 15 is 0 Å². The Kier molecular flexibility index (Phi) is 6.52. The number of benzene rings is 1. The molecule has 0 saturated heterocycles. The van der Waals surface area contributed by atoms with E-state index in [9.17, 15) is 26.4 Å². The molecule has 1 fully saturated rings. The Morgan fingerprint density at radius 1 is 1.10 bits per heavy atom. The summed E-state index contributed by atoms with van der Waals surface area (Å²) >= 11 is 1.10. The number of halogens is 3. The first-order chi connectivity index (χ1) is 13.6. The lowest BCUT2D eigenvalue weighted by atomic mass is 9.84. The van der Waals surface area contributed by atoms with E-state index in [1.807, 2.05) is 0 Å². The van der Waals surface area contributed by atoms with E-state index < -0.39 is 34.1 Å². The number of anilines is 1. The number of carbonyl (C=O) groups excluding carboxylic acids is 1. The molecule has 2 atom stereocenters. The summed E-state index contributed by atoms with van der Waals surface area (Å²) in [7, 11) is -3.66. The molecule has 5 nitrogen and oxygen atoms in total. The van der Waals surface area contributed by atoms with Crippen LogP contribution >= 0.6 is 11.3 Å². The molecule has 1 amide bonds. The van der Waals surface area contributed by atoms with Crippen LogP contribution in [-0.4, -0.2) is 26.5 Å². The second-order valence-corrected chi connectivity index (χ2v) is 9.87. The summed E-state index contributed by atoms with van der Waals surface area (Å²) in [6.07, 6.45) is -2.86. The van der Waals surface area contributed by atoms with Crippen molar-refractivity contribution in [1.29, 1.82) is 0 Å². The van der Waals surface area contributed by atoms with Crippen LogP contribution in [0.2, 0.25) is 0 Å². The van der Waals surface area contributed by atoms with E-state index in [-0.39, 0.29) is 17.1 Å². The molecule has 3 rings (SSSR count). The molecule has 10 heteroatoms. The minimum atomic E-state index is -4.32. The van der Waals surface area contributed by atoms with E-state index in [2.05, 4.69) is 10.0 Å². The number of rotatable bonds is 6. The molecule has 0 spiro atoms. The Morgan fingerprint density at radius 3 is 2.41 bits per heavy atom. The highest BCUT2D eigenvalue weighted by Gasteiger charge is 2.45. The highest BCUT2D eigenvalue weighted by Crippen LogP contribution is 2.37. The molecular formula is C19H21F3N2O3S2. The van der Waals surface area contributed by atoms with E-state index in [1.165, 1.54) is 18.2 Å². The van der Waals surface area contributed by atoms with Gasteiger partial charge in [-0.2, -0.15) is 13.2 Å². The average molecular weight is 447 g/mol. The van der Waals surface area contributed by atoms with Crippen LogP contribution in [0.1, 0.15) is 31.2 Å². The molecule has 158 valence electrons. The Labute approximate surface area is 171 Å². The standard InChI is InChI=1S/C19H21F3N2O3S2/c20-19(21,22)15-4-1-2-5-16(15)23-17(25)12-13-7-9-14(10-8-13)24-29(26,27)18-6-3-11-28-18/h3,6-11,15-16,24H,1-2,4-5,12H2,(H,23,25). The van der Waals surface area contributed by atoms with Gasteiger partial charge in [-0.1, -0.05) is 31.0 Å². The van der Waals surface area contributed by atoms with Gasteiger partial charge < -0.3 is 5.32 Å². The van der Waals surface area contributed by atoms with Crippen molar-refractivity contribution in [3.63, 3.8) is 0 Å². The first-order valence-corrected chi connectivity index (χ1v) is 11.5. The van der Waals surface area contributed by atoms with E-state index in [4.69, 9.17) is 0 Å². The highest BCUT2D eigenvalue weighted by atomic mass is 32.2. The molecule has 1 heterocycles. The number of carbonyl (C=O) groups is 1. The third-order valence-electron chi connectivity index (χ3n) is 4.86. The number of hydrogen-bond acceptors (Lipinski definition) is 4. The van der Waals surface area contributed by atoms with Crippen molar-refractivity contribution in [1.82, 2.24) is 5.32 Å². The lowest BCUT2D eigenvalue weighted by Gasteiger charge is -2.33. The normalized spacial score (nSPS) is 20.2. The third kappa shape index (κ3) is 5.72. The Bertz CT molecular complexity index is 927. The van der Waals surface area contributed by atoms with Crippen molar-refractivity contribution in [2.75, 3.05) is 4.72 Å². The summed E-state index contributed by atoms with van der Waals surface area (Å²) in [5, 5.41) is 4.18. The number of nitrogens with one attached hydrogen (secondary N) is 2. The number of sulfonamides is 1. The number of thiophene rings is 1. The molecule has 1 aromatic carbocycles. The van der Waals surface area contributed by atoms with Crippen molar-refractivity contribution in [3.05, 3.63) is 47.3 Å². The molecule has 0 bridgehead atoms. The quantitative estimate of drug-likeness (QED) is 0.694. The molecule has 2 aromatic rings. The molecule has 2 unspecified atom stereocenters. The van der Waals surface area contributed by atoms with Crippen molar-refractivity contribution < 1.29 is 26.4 Å². The van der Waals surface area contributed by atoms with Gasteiger partial charge in [0.1, 0.15) is 4.21 Å². The Balaban J connectivity index is 1.58. The average Bonchev–Trinajstić information content (AvgIpc) is 3.18. The maximum Gasteiger partial charge on any atom is 0.393 e. The topological polar surface area (TPSA) is 75.3 Å². The smallest absolute Gasteiger partial charge is 0.352 e.